The molecule has 0 aliphatic carbocycles. The van der Waals surface area contributed by atoms with Crippen LogP contribution in [0.5, 0.6) is 0 Å². The Kier molecular flexibility index (Phi) is 4.63. The van der Waals surface area contributed by atoms with E-state index in [0.29, 0.717) is 0 Å². The smallest absolute Gasteiger partial charge is 0.0480 e. The number of nitrogens with zero attached hydrogens (tertiary/aromatic N) is 1. The second-order valence-corrected chi connectivity index (χ2v) is 4.54. The fourth-order valence-electron chi connectivity index (χ4n) is 1.79. The molecule has 1 rings (SSSR count). The molecule has 14 heavy (non-hydrogen) atoms. The SMILES string of the molecule is CC(C)=C(C)CN(C)C1CCOCC1. The Labute approximate surface area is 87.9 Å². The van der Waals surface area contributed by atoms with Gasteiger partial charge in [-0.2, -0.15) is 0 Å². The van der Waals surface area contributed by atoms with E-state index < -0.39 is 0 Å². The summed E-state index contributed by atoms with van der Waals surface area (Å²) in [6, 6.07) is 0.720. The highest BCUT2D eigenvalue weighted by Crippen LogP contribution is 2.14. The molecule has 1 heterocycles. The summed E-state index contributed by atoms with van der Waals surface area (Å²) in [5.74, 6) is 0. The quantitative estimate of drug-likeness (QED) is 0.644. The van der Waals surface area contributed by atoms with E-state index in [0.717, 1.165) is 25.8 Å². The molecule has 82 valence electrons. The summed E-state index contributed by atoms with van der Waals surface area (Å²) in [5, 5.41) is 0. The average molecular weight is 197 g/mol. The second-order valence-electron chi connectivity index (χ2n) is 4.54. The lowest BCUT2D eigenvalue weighted by Gasteiger charge is -2.31. The Morgan fingerprint density at radius 3 is 2.29 bits per heavy atom. The third-order valence-electron chi connectivity index (χ3n) is 3.15. The summed E-state index contributed by atoms with van der Waals surface area (Å²) in [6.07, 6.45) is 2.37. The molecule has 0 spiro atoms. The number of hydrogen-bond acceptors (Lipinski definition) is 2. The van der Waals surface area contributed by atoms with Crippen LogP contribution >= 0.6 is 0 Å². The van der Waals surface area contributed by atoms with Crippen molar-refractivity contribution in [3.63, 3.8) is 0 Å². The van der Waals surface area contributed by atoms with Gasteiger partial charge in [-0.3, -0.25) is 4.90 Å². The van der Waals surface area contributed by atoms with Gasteiger partial charge in [-0.1, -0.05) is 11.1 Å². The van der Waals surface area contributed by atoms with Crippen LogP contribution in [0.25, 0.3) is 0 Å². The molecule has 0 amide bonds. The lowest BCUT2D eigenvalue weighted by atomic mass is 10.1. The summed E-state index contributed by atoms with van der Waals surface area (Å²) in [7, 11) is 2.22. The third kappa shape index (κ3) is 3.43. The van der Waals surface area contributed by atoms with Crippen LogP contribution in [-0.2, 0) is 4.74 Å². The van der Waals surface area contributed by atoms with E-state index in [1.54, 1.807) is 0 Å². The summed E-state index contributed by atoms with van der Waals surface area (Å²) < 4.78 is 5.36. The van der Waals surface area contributed by atoms with Crippen molar-refractivity contribution in [3.05, 3.63) is 11.1 Å². The van der Waals surface area contributed by atoms with Crippen molar-refractivity contribution in [1.82, 2.24) is 4.90 Å². The van der Waals surface area contributed by atoms with Crippen LogP contribution in [-0.4, -0.2) is 37.7 Å². The van der Waals surface area contributed by atoms with Crippen LogP contribution in [0.3, 0.4) is 0 Å². The van der Waals surface area contributed by atoms with E-state index in [1.807, 2.05) is 0 Å². The van der Waals surface area contributed by atoms with Crippen LogP contribution in [0.4, 0.5) is 0 Å². The zero-order valence-electron chi connectivity index (χ0n) is 9.97. The van der Waals surface area contributed by atoms with E-state index in [4.69, 9.17) is 4.74 Å². The Hall–Kier alpha value is -0.340. The number of rotatable bonds is 3. The Morgan fingerprint density at radius 1 is 1.21 bits per heavy atom. The highest BCUT2D eigenvalue weighted by atomic mass is 16.5. The third-order valence-corrected chi connectivity index (χ3v) is 3.15. The number of ether oxygens (including phenoxy) is 1. The Balaban J connectivity index is 2.40. The van der Waals surface area contributed by atoms with E-state index in [2.05, 4.69) is 32.7 Å². The van der Waals surface area contributed by atoms with Crippen LogP contribution in [0.15, 0.2) is 11.1 Å². The molecule has 1 aliphatic heterocycles. The maximum absolute atomic E-state index is 5.36. The van der Waals surface area contributed by atoms with Crippen molar-refractivity contribution in [2.45, 2.75) is 39.7 Å². The minimum atomic E-state index is 0.720. The highest BCUT2D eigenvalue weighted by molar-refractivity contribution is 5.08. The zero-order chi connectivity index (χ0) is 10.6. The topological polar surface area (TPSA) is 12.5 Å². The first-order chi connectivity index (χ1) is 6.61. The van der Waals surface area contributed by atoms with Gasteiger partial charge in [-0.15, -0.1) is 0 Å². The molecule has 1 saturated heterocycles. The molecule has 0 aromatic rings. The van der Waals surface area contributed by atoms with Gasteiger partial charge in [-0.25, -0.2) is 0 Å². The van der Waals surface area contributed by atoms with Crippen molar-refractivity contribution in [2.24, 2.45) is 0 Å². The molecule has 0 aromatic heterocycles. The van der Waals surface area contributed by atoms with Gasteiger partial charge in [-0.05, 0) is 40.7 Å². The predicted molar refractivity (Wildman–Crippen MR) is 60.5 cm³/mol. The molecular formula is C12H23NO. The van der Waals surface area contributed by atoms with Crippen molar-refractivity contribution < 1.29 is 4.74 Å². The van der Waals surface area contributed by atoms with E-state index in [1.165, 1.54) is 24.0 Å². The van der Waals surface area contributed by atoms with Crippen molar-refractivity contribution in [2.75, 3.05) is 26.8 Å². The fourth-order valence-corrected chi connectivity index (χ4v) is 1.79. The molecule has 0 bridgehead atoms. The average Bonchev–Trinajstić information content (AvgIpc) is 2.19. The molecule has 2 nitrogen and oxygen atoms in total. The van der Waals surface area contributed by atoms with Gasteiger partial charge in [0.15, 0.2) is 0 Å². The van der Waals surface area contributed by atoms with Crippen molar-refractivity contribution in [1.29, 1.82) is 0 Å². The summed E-state index contributed by atoms with van der Waals surface area (Å²) in [5.41, 5.74) is 2.95. The molecular weight excluding hydrogens is 174 g/mol. The normalized spacial score (nSPS) is 18.6. The maximum Gasteiger partial charge on any atom is 0.0480 e. The number of allylic oxidation sites excluding steroid dienone is 1. The lowest BCUT2D eigenvalue weighted by Crippen LogP contribution is -2.37. The van der Waals surface area contributed by atoms with E-state index in [-0.39, 0.29) is 0 Å². The number of hydrogen-bond donors (Lipinski definition) is 0. The molecule has 0 saturated carbocycles. The van der Waals surface area contributed by atoms with Gasteiger partial charge in [0, 0.05) is 25.8 Å². The first kappa shape index (κ1) is 11.7. The van der Waals surface area contributed by atoms with Crippen LogP contribution in [0.2, 0.25) is 0 Å². The van der Waals surface area contributed by atoms with Gasteiger partial charge >= 0.3 is 0 Å². The van der Waals surface area contributed by atoms with Gasteiger partial charge in [0.2, 0.25) is 0 Å². The van der Waals surface area contributed by atoms with Gasteiger partial charge in [0.1, 0.15) is 0 Å². The summed E-state index contributed by atoms with van der Waals surface area (Å²) in [6.45, 7) is 9.57. The molecule has 0 unspecified atom stereocenters. The molecule has 2 heteroatoms. The second kappa shape index (κ2) is 5.52. The molecule has 1 aliphatic rings. The van der Waals surface area contributed by atoms with Crippen LogP contribution < -0.4 is 0 Å². The lowest BCUT2D eigenvalue weighted by molar-refractivity contribution is 0.0458. The van der Waals surface area contributed by atoms with Gasteiger partial charge in [0.05, 0.1) is 0 Å². The fraction of sp³-hybridized carbons (Fsp3) is 0.833. The molecule has 1 fully saturated rings. The van der Waals surface area contributed by atoms with E-state index in [9.17, 15) is 0 Å². The van der Waals surface area contributed by atoms with Gasteiger partial charge in [0.25, 0.3) is 0 Å². The molecule has 0 N–H and O–H groups in total. The predicted octanol–water partition coefficient (Wildman–Crippen LogP) is 2.45. The monoisotopic (exact) mass is 197 g/mol. The Morgan fingerprint density at radius 2 is 1.79 bits per heavy atom. The Bertz CT molecular complexity index is 200. The first-order valence-corrected chi connectivity index (χ1v) is 5.52. The summed E-state index contributed by atoms with van der Waals surface area (Å²) >= 11 is 0. The molecule has 0 atom stereocenters. The first-order valence-electron chi connectivity index (χ1n) is 5.52. The standard InChI is InChI=1S/C12H23NO/c1-10(2)11(3)9-13(4)12-5-7-14-8-6-12/h12H,5-9H2,1-4H3. The summed E-state index contributed by atoms with van der Waals surface area (Å²) in [4.78, 5) is 2.46. The maximum atomic E-state index is 5.36. The van der Waals surface area contributed by atoms with Crippen LogP contribution in [0, 0.1) is 0 Å². The minimum Gasteiger partial charge on any atom is -0.381 e. The number of likely N-dealkylation sites (N-methyl/N-ethyl adjacent to an activating group) is 1. The largest absolute Gasteiger partial charge is 0.381 e. The van der Waals surface area contributed by atoms with Crippen molar-refractivity contribution >= 4 is 0 Å². The molecule has 0 radical (unpaired) electrons. The molecule has 0 aromatic carbocycles. The van der Waals surface area contributed by atoms with Crippen LogP contribution in [0.1, 0.15) is 33.6 Å². The highest BCUT2D eigenvalue weighted by Gasteiger charge is 2.18. The zero-order valence-corrected chi connectivity index (χ0v) is 9.97. The van der Waals surface area contributed by atoms with E-state index >= 15 is 0 Å². The van der Waals surface area contributed by atoms with Gasteiger partial charge < -0.3 is 4.74 Å². The van der Waals surface area contributed by atoms with Crippen molar-refractivity contribution in [3.8, 4) is 0 Å². The minimum absolute atomic E-state index is 0.720.